The van der Waals surface area contributed by atoms with E-state index in [1.807, 2.05) is 0 Å². The summed E-state index contributed by atoms with van der Waals surface area (Å²) in [5.74, 6) is 1.96. The molecule has 86 valence electrons. The lowest BCUT2D eigenvalue weighted by Gasteiger charge is -2.11. The van der Waals surface area contributed by atoms with Crippen molar-refractivity contribution in [3.05, 3.63) is 0 Å². The van der Waals surface area contributed by atoms with Crippen molar-refractivity contribution < 1.29 is 19.5 Å². The molecule has 0 aromatic carbocycles. The lowest BCUT2D eigenvalue weighted by atomic mass is 10.4. The second-order valence-corrected chi connectivity index (χ2v) is 2.66. The number of hydrogen-bond acceptors (Lipinski definition) is 6. The summed E-state index contributed by atoms with van der Waals surface area (Å²) >= 11 is 0. The Morgan fingerprint density at radius 1 is 1.60 bits per heavy atom. The Morgan fingerprint density at radius 3 is 2.93 bits per heavy atom. The number of rotatable bonds is 8. The van der Waals surface area contributed by atoms with Crippen LogP contribution in [0.25, 0.3) is 0 Å². The maximum Gasteiger partial charge on any atom is 0.305 e. The molecule has 0 saturated heterocycles. The summed E-state index contributed by atoms with van der Waals surface area (Å²) in [5, 5.41) is 9.24. The van der Waals surface area contributed by atoms with Gasteiger partial charge in [0.1, 0.15) is 12.7 Å². The van der Waals surface area contributed by atoms with Crippen LogP contribution in [-0.4, -0.2) is 36.9 Å². The molecule has 0 aliphatic heterocycles. The first kappa shape index (κ1) is 13.9. The van der Waals surface area contributed by atoms with Crippen LogP contribution in [0.3, 0.4) is 0 Å². The van der Waals surface area contributed by atoms with Crippen molar-refractivity contribution in [2.75, 3.05) is 19.8 Å². The number of aliphatic hydroxyl groups is 1. The van der Waals surface area contributed by atoms with Gasteiger partial charge in [-0.3, -0.25) is 9.63 Å². The number of carbonyl (C=O) groups is 1. The first-order valence-corrected chi connectivity index (χ1v) is 4.57. The van der Waals surface area contributed by atoms with Crippen LogP contribution in [0.5, 0.6) is 0 Å². The van der Waals surface area contributed by atoms with Gasteiger partial charge in [0.25, 0.3) is 0 Å². The molecule has 15 heavy (non-hydrogen) atoms. The van der Waals surface area contributed by atoms with Gasteiger partial charge in [-0.25, -0.2) is 5.43 Å². The van der Waals surface area contributed by atoms with Gasteiger partial charge in [0.2, 0.25) is 0 Å². The highest BCUT2D eigenvalue weighted by Crippen LogP contribution is 1.89. The van der Waals surface area contributed by atoms with Crippen LogP contribution in [0.15, 0.2) is 0 Å². The van der Waals surface area contributed by atoms with Gasteiger partial charge in [-0.15, -0.1) is 12.0 Å². The highest BCUT2D eigenvalue weighted by Gasteiger charge is 2.07. The molecule has 0 aliphatic rings. The van der Waals surface area contributed by atoms with E-state index in [2.05, 4.69) is 21.7 Å². The quantitative estimate of drug-likeness (QED) is 0.208. The van der Waals surface area contributed by atoms with Crippen LogP contribution in [0, 0.1) is 12.3 Å². The standard InChI is InChI=1S/C9H16N2O4/c1-3-5-10-11-15-7-8(12)6-14-9(13)4-2/h1,8,10-12H,4-7H2,2H3. The van der Waals surface area contributed by atoms with Crippen LogP contribution >= 0.6 is 0 Å². The fourth-order valence-corrected chi connectivity index (χ4v) is 0.615. The smallest absolute Gasteiger partial charge is 0.305 e. The van der Waals surface area contributed by atoms with Gasteiger partial charge >= 0.3 is 5.97 Å². The van der Waals surface area contributed by atoms with E-state index < -0.39 is 6.10 Å². The Kier molecular flexibility index (Phi) is 8.72. The third-order valence-corrected chi connectivity index (χ3v) is 1.34. The predicted molar refractivity (Wildman–Crippen MR) is 53.2 cm³/mol. The molecule has 0 amide bonds. The molecule has 0 saturated carbocycles. The van der Waals surface area contributed by atoms with E-state index in [4.69, 9.17) is 11.3 Å². The Morgan fingerprint density at radius 2 is 2.33 bits per heavy atom. The summed E-state index contributed by atoms with van der Waals surface area (Å²) in [7, 11) is 0. The van der Waals surface area contributed by atoms with Gasteiger partial charge in [-0.2, -0.15) is 0 Å². The van der Waals surface area contributed by atoms with Crippen molar-refractivity contribution in [1.29, 1.82) is 0 Å². The van der Waals surface area contributed by atoms with E-state index in [-0.39, 0.29) is 25.6 Å². The molecule has 0 bridgehead atoms. The minimum absolute atomic E-state index is 0.00539. The van der Waals surface area contributed by atoms with Crippen molar-refractivity contribution in [2.45, 2.75) is 19.4 Å². The number of nitrogens with one attached hydrogen (secondary N) is 2. The number of aliphatic hydroxyl groups excluding tert-OH is 1. The molecule has 0 aromatic heterocycles. The molecule has 3 N–H and O–H groups in total. The Labute approximate surface area is 88.9 Å². The maximum absolute atomic E-state index is 10.7. The van der Waals surface area contributed by atoms with Gasteiger partial charge in [0, 0.05) is 6.42 Å². The van der Waals surface area contributed by atoms with E-state index in [1.54, 1.807) is 6.92 Å². The molecule has 0 heterocycles. The number of carbonyl (C=O) groups excluding carboxylic acids is 1. The number of esters is 1. The van der Waals surface area contributed by atoms with Gasteiger partial charge in [0.05, 0.1) is 13.2 Å². The van der Waals surface area contributed by atoms with Crippen LogP contribution in [0.1, 0.15) is 13.3 Å². The molecule has 0 rings (SSSR count). The molecule has 0 aromatic rings. The summed E-state index contributed by atoms with van der Waals surface area (Å²) in [6.07, 6.45) is 4.38. The number of terminal acetylenes is 1. The van der Waals surface area contributed by atoms with E-state index in [9.17, 15) is 9.90 Å². The minimum Gasteiger partial charge on any atom is -0.463 e. The van der Waals surface area contributed by atoms with Crippen molar-refractivity contribution in [3.63, 3.8) is 0 Å². The van der Waals surface area contributed by atoms with Crippen molar-refractivity contribution >= 4 is 5.97 Å². The summed E-state index contributed by atoms with van der Waals surface area (Å²) in [6.45, 7) is 1.90. The molecule has 1 unspecified atom stereocenters. The monoisotopic (exact) mass is 216 g/mol. The third-order valence-electron chi connectivity index (χ3n) is 1.34. The van der Waals surface area contributed by atoms with Crippen LogP contribution in [0.4, 0.5) is 0 Å². The molecule has 0 aliphatic carbocycles. The van der Waals surface area contributed by atoms with Crippen LogP contribution in [-0.2, 0) is 14.4 Å². The van der Waals surface area contributed by atoms with Crippen LogP contribution < -0.4 is 11.0 Å². The summed E-state index contributed by atoms with van der Waals surface area (Å²) in [6, 6.07) is 0. The average Bonchev–Trinajstić information content (AvgIpc) is 2.25. The minimum atomic E-state index is -0.861. The second-order valence-electron chi connectivity index (χ2n) is 2.66. The highest BCUT2D eigenvalue weighted by atomic mass is 16.7. The van der Waals surface area contributed by atoms with E-state index in [0.29, 0.717) is 6.54 Å². The third kappa shape index (κ3) is 9.18. The summed E-state index contributed by atoms with van der Waals surface area (Å²) < 4.78 is 4.68. The lowest BCUT2D eigenvalue weighted by molar-refractivity contribution is -0.148. The second kappa shape index (κ2) is 9.43. The van der Waals surface area contributed by atoms with Crippen molar-refractivity contribution in [3.8, 4) is 12.3 Å². The summed E-state index contributed by atoms with van der Waals surface area (Å²) in [5.41, 5.74) is 4.87. The summed E-state index contributed by atoms with van der Waals surface area (Å²) in [4.78, 5) is 15.5. The molecule has 0 radical (unpaired) electrons. The number of hydrogen-bond donors (Lipinski definition) is 3. The zero-order valence-electron chi connectivity index (χ0n) is 8.66. The van der Waals surface area contributed by atoms with E-state index >= 15 is 0 Å². The first-order chi connectivity index (χ1) is 7.20. The van der Waals surface area contributed by atoms with Gasteiger partial charge < -0.3 is 9.84 Å². The topological polar surface area (TPSA) is 79.8 Å². The zero-order valence-corrected chi connectivity index (χ0v) is 8.66. The highest BCUT2D eigenvalue weighted by molar-refractivity contribution is 5.68. The Balaban J connectivity index is 3.30. The molecular formula is C9H16N2O4. The van der Waals surface area contributed by atoms with E-state index in [1.165, 1.54) is 0 Å². The molecular weight excluding hydrogens is 200 g/mol. The van der Waals surface area contributed by atoms with Gasteiger partial charge in [-0.1, -0.05) is 12.8 Å². The molecule has 0 spiro atoms. The molecule has 0 fully saturated rings. The molecule has 6 heteroatoms. The lowest BCUT2D eigenvalue weighted by Crippen LogP contribution is -2.36. The SMILES string of the molecule is C#CCNNOCC(O)COC(=O)CC. The fourth-order valence-electron chi connectivity index (χ4n) is 0.615. The van der Waals surface area contributed by atoms with E-state index in [0.717, 1.165) is 0 Å². The van der Waals surface area contributed by atoms with Crippen LogP contribution in [0.2, 0.25) is 0 Å². The normalized spacial score (nSPS) is 11.8. The first-order valence-electron chi connectivity index (χ1n) is 4.57. The van der Waals surface area contributed by atoms with Gasteiger partial charge in [0.15, 0.2) is 0 Å². The van der Waals surface area contributed by atoms with Gasteiger partial charge in [-0.05, 0) is 0 Å². The van der Waals surface area contributed by atoms with Crippen molar-refractivity contribution in [2.24, 2.45) is 0 Å². The average molecular weight is 216 g/mol. The zero-order chi connectivity index (χ0) is 11.5. The van der Waals surface area contributed by atoms with Crippen molar-refractivity contribution in [1.82, 2.24) is 11.0 Å². The fraction of sp³-hybridized carbons (Fsp3) is 0.667. The predicted octanol–water partition coefficient (Wildman–Crippen LogP) is -1.04. The Bertz CT molecular complexity index is 215. The largest absolute Gasteiger partial charge is 0.463 e. The molecule has 6 nitrogen and oxygen atoms in total. The Hall–Kier alpha value is -1.13. The molecule has 1 atom stereocenters. The maximum atomic E-state index is 10.7. The number of ether oxygens (including phenoxy) is 1. The number of hydrazine groups is 1.